The topological polar surface area (TPSA) is 59.1 Å². The van der Waals surface area contributed by atoms with Gasteiger partial charge in [-0.15, -0.1) is 11.3 Å². The zero-order valence-corrected chi connectivity index (χ0v) is 22.6. The molecular weight excluding hydrogens is 472 g/mol. The molecule has 1 aromatic heterocycles. The molecule has 0 aliphatic rings. The van der Waals surface area contributed by atoms with E-state index in [0.717, 1.165) is 16.9 Å². The first-order valence-electron chi connectivity index (χ1n) is 12.3. The van der Waals surface area contributed by atoms with Crippen molar-refractivity contribution in [3.63, 3.8) is 0 Å². The number of ether oxygens (including phenoxy) is 2. The predicted molar refractivity (Wildman–Crippen MR) is 145 cm³/mol. The van der Waals surface area contributed by atoms with Crippen molar-refractivity contribution in [1.82, 2.24) is 9.80 Å². The van der Waals surface area contributed by atoms with Crippen LogP contribution in [0.5, 0.6) is 11.5 Å². The summed E-state index contributed by atoms with van der Waals surface area (Å²) in [4.78, 5) is 31.5. The quantitative estimate of drug-likeness (QED) is 0.326. The third-order valence-electron chi connectivity index (χ3n) is 6.20. The lowest BCUT2D eigenvalue weighted by molar-refractivity contribution is -0.132. The lowest BCUT2D eigenvalue weighted by Gasteiger charge is -2.30. The maximum atomic E-state index is 13.6. The van der Waals surface area contributed by atoms with Crippen LogP contribution in [0, 0.1) is 0 Å². The van der Waals surface area contributed by atoms with Gasteiger partial charge in [0.25, 0.3) is 5.91 Å². The number of aryl methyl sites for hydroxylation is 1. The molecular formula is C29H36N2O4S. The van der Waals surface area contributed by atoms with Gasteiger partial charge in [-0.3, -0.25) is 9.59 Å². The van der Waals surface area contributed by atoms with Crippen molar-refractivity contribution in [3.05, 3.63) is 81.5 Å². The van der Waals surface area contributed by atoms with E-state index >= 15 is 0 Å². The van der Waals surface area contributed by atoms with Gasteiger partial charge in [-0.1, -0.05) is 31.2 Å². The van der Waals surface area contributed by atoms with Gasteiger partial charge in [0.1, 0.15) is 6.54 Å². The molecule has 7 heteroatoms. The maximum Gasteiger partial charge on any atom is 0.254 e. The number of carbonyl (C=O) groups excluding carboxylic acids is 2. The van der Waals surface area contributed by atoms with Crippen LogP contribution < -0.4 is 9.47 Å². The van der Waals surface area contributed by atoms with E-state index in [9.17, 15) is 9.59 Å². The Morgan fingerprint density at radius 2 is 1.64 bits per heavy atom. The van der Waals surface area contributed by atoms with E-state index < -0.39 is 0 Å². The van der Waals surface area contributed by atoms with Crippen LogP contribution in [0.2, 0.25) is 0 Å². The van der Waals surface area contributed by atoms with Gasteiger partial charge in [0, 0.05) is 23.0 Å². The van der Waals surface area contributed by atoms with Crippen LogP contribution in [0.4, 0.5) is 0 Å². The van der Waals surface area contributed by atoms with Crippen molar-refractivity contribution in [2.24, 2.45) is 0 Å². The van der Waals surface area contributed by atoms with Gasteiger partial charge < -0.3 is 19.3 Å². The molecule has 6 nitrogen and oxygen atoms in total. The summed E-state index contributed by atoms with van der Waals surface area (Å²) in [5, 5.41) is 2.01. The highest BCUT2D eigenvalue weighted by Gasteiger charge is 2.25. The van der Waals surface area contributed by atoms with Crippen LogP contribution in [-0.4, -0.2) is 55.0 Å². The molecule has 1 heterocycles. The first-order valence-corrected chi connectivity index (χ1v) is 13.1. The standard InChI is InChI=1S/C29H36N2O4S/c1-6-22-9-12-24(13-10-22)29(33)31(21(2)3)20-28(32)30(19-25-8-7-17-36-25)16-15-23-11-14-26(34-4)27(18-23)35-5/h7-14,17-18,21H,6,15-16,19-20H2,1-5H3. The van der Waals surface area contributed by atoms with Crippen LogP contribution in [-0.2, 0) is 24.2 Å². The molecule has 0 bridgehead atoms. The summed E-state index contributed by atoms with van der Waals surface area (Å²) in [5.41, 5.74) is 2.82. The average molecular weight is 509 g/mol. The van der Waals surface area contributed by atoms with Gasteiger partial charge in [0.15, 0.2) is 11.5 Å². The monoisotopic (exact) mass is 508 g/mol. The van der Waals surface area contributed by atoms with Crippen LogP contribution in [0.3, 0.4) is 0 Å². The normalized spacial score (nSPS) is 10.8. The molecule has 36 heavy (non-hydrogen) atoms. The molecule has 0 saturated heterocycles. The maximum absolute atomic E-state index is 13.6. The van der Waals surface area contributed by atoms with E-state index in [1.54, 1.807) is 30.5 Å². The zero-order chi connectivity index (χ0) is 26.1. The molecule has 2 aromatic carbocycles. The number of carbonyl (C=O) groups is 2. The third kappa shape index (κ3) is 7.10. The second-order valence-electron chi connectivity index (χ2n) is 8.91. The molecule has 0 N–H and O–H groups in total. The van der Waals surface area contributed by atoms with Crippen molar-refractivity contribution < 1.29 is 19.1 Å². The summed E-state index contributed by atoms with van der Waals surface area (Å²) in [6.45, 7) is 7.04. The highest BCUT2D eigenvalue weighted by atomic mass is 32.1. The fourth-order valence-electron chi connectivity index (χ4n) is 3.97. The molecule has 0 unspecified atom stereocenters. The van der Waals surface area contributed by atoms with Gasteiger partial charge in [-0.05, 0) is 73.5 Å². The lowest BCUT2D eigenvalue weighted by Crippen LogP contribution is -2.46. The third-order valence-corrected chi connectivity index (χ3v) is 7.06. The first-order chi connectivity index (χ1) is 17.4. The zero-order valence-electron chi connectivity index (χ0n) is 21.8. The Morgan fingerprint density at radius 1 is 0.944 bits per heavy atom. The van der Waals surface area contributed by atoms with E-state index in [2.05, 4.69) is 6.92 Å². The van der Waals surface area contributed by atoms with E-state index in [-0.39, 0.29) is 24.4 Å². The van der Waals surface area contributed by atoms with Crippen LogP contribution >= 0.6 is 11.3 Å². The Hall–Kier alpha value is -3.32. The number of hydrogen-bond donors (Lipinski definition) is 0. The largest absolute Gasteiger partial charge is 0.493 e. The van der Waals surface area contributed by atoms with Crippen molar-refractivity contribution in [1.29, 1.82) is 0 Å². The van der Waals surface area contributed by atoms with Crippen molar-refractivity contribution >= 4 is 23.2 Å². The van der Waals surface area contributed by atoms with Crippen LogP contribution in [0.15, 0.2) is 60.0 Å². The predicted octanol–water partition coefficient (Wildman–Crippen LogP) is 5.45. The minimum atomic E-state index is -0.128. The first kappa shape index (κ1) is 27.3. The summed E-state index contributed by atoms with van der Waals surface area (Å²) in [7, 11) is 3.22. The Bertz CT molecular complexity index is 1130. The van der Waals surface area contributed by atoms with Crippen molar-refractivity contribution in [2.45, 2.75) is 46.2 Å². The minimum Gasteiger partial charge on any atom is -0.493 e. The minimum absolute atomic E-state index is 0.0311. The van der Waals surface area contributed by atoms with E-state index in [1.165, 1.54) is 5.56 Å². The Labute approximate surface area is 218 Å². The van der Waals surface area contributed by atoms with E-state index in [1.807, 2.05) is 78.7 Å². The lowest BCUT2D eigenvalue weighted by atomic mass is 10.1. The summed E-state index contributed by atoms with van der Waals surface area (Å²) in [6, 6.07) is 17.4. The summed E-state index contributed by atoms with van der Waals surface area (Å²) >= 11 is 1.62. The van der Waals surface area contributed by atoms with Crippen LogP contribution in [0.1, 0.15) is 47.1 Å². The van der Waals surface area contributed by atoms with Gasteiger partial charge >= 0.3 is 0 Å². The molecule has 0 aliphatic carbocycles. The molecule has 0 atom stereocenters. The highest BCUT2D eigenvalue weighted by Crippen LogP contribution is 2.28. The molecule has 0 spiro atoms. The number of rotatable bonds is 12. The second-order valence-corrected chi connectivity index (χ2v) is 9.94. The molecule has 3 rings (SSSR count). The van der Waals surface area contributed by atoms with Crippen molar-refractivity contribution in [2.75, 3.05) is 27.3 Å². The second kappa shape index (κ2) is 13.1. The van der Waals surface area contributed by atoms with E-state index in [4.69, 9.17) is 9.47 Å². The summed E-state index contributed by atoms with van der Waals surface area (Å²) < 4.78 is 10.8. The molecule has 0 fully saturated rings. The Balaban J connectivity index is 1.76. The SMILES string of the molecule is CCc1ccc(C(=O)N(CC(=O)N(CCc2ccc(OC)c(OC)c2)Cc2cccs2)C(C)C)cc1. The number of methoxy groups -OCH3 is 2. The Kier molecular flexibility index (Phi) is 9.94. The number of benzene rings is 2. The number of amides is 2. The van der Waals surface area contributed by atoms with Gasteiger partial charge in [0.05, 0.1) is 20.8 Å². The Morgan fingerprint density at radius 3 is 2.22 bits per heavy atom. The average Bonchev–Trinajstić information content (AvgIpc) is 3.42. The number of thiophene rings is 1. The van der Waals surface area contributed by atoms with Crippen molar-refractivity contribution in [3.8, 4) is 11.5 Å². The van der Waals surface area contributed by atoms with Crippen LogP contribution in [0.25, 0.3) is 0 Å². The molecule has 0 aliphatic heterocycles. The van der Waals surface area contributed by atoms with E-state index in [0.29, 0.717) is 36.6 Å². The van der Waals surface area contributed by atoms with Gasteiger partial charge in [-0.2, -0.15) is 0 Å². The molecule has 192 valence electrons. The molecule has 3 aromatic rings. The summed E-state index contributed by atoms with van der Waals surface area (Å²) in [6.07, 6.45) is 1.57. The smallest absolute Gasteiger partial charge is 0.254 e. The fourth-order valence-corrected chi connectivity index (χ4v) is 4.69. The van der Waals surface area contributed by atoms with Gasteiger partial charge in [0.2, 0.25) is 5.91 Å². The molecule has 0 radical (unpaired) electrons. The number of nitrogens with zero attached hydrogens (tertiary/aromatic N) is 2. The fraction of sp³-hybridized carbons (Fsp3) is 0.379. The number of hydrogen-bond acceptors (Lipinski definition) is 5. The summed E-state index contributed by atoms with van der Waals surface area (Å²) in [5.74, 6) is 1.13. The highest BCUT2D eigenvalue weighted by molar-refractivity contribution is 7.09. The molecule has 2 amide bonds. The molecule has 0 saturated carbocycles. The van der Waals surface area contributed by atoms with Gasteiger partial charge in [-0.25, -0.2) is 0 Å².